The van der Waals surface area contributed by atoms with Crippen molar-refractivity contribution >= 4 is 15.8 Å². The fourth-order valence-electron chi connectivity index (χ4n) is 2.26. The predicted octanol–water partition coefficient (Wildman–Crippen LogP) is 2.94. The number of rotatable bonds is 7. The summed E-state index contributed by atoms with van der Waals surface area (Å²) in [6.07, 6.45) is 0.0808. The minimum absolute atomic E-state index is 0.0808. The van der Waals surface area contributed by atoms with Crippen molar-refractivity contribution in [3.63, 3.8) is 0 Å². The van der Waals surface area contributed by atoms with Gasteiger partial charge in [-0.1, -0.05) is 17.7 Å². The van der Waals surface area contributed by atoms with E-state index in [-0.39, 0.29) is 17.1 Å². The number of ketones is 1. The average Bonchev–Trinajstić information content (AvgIpc) is 2.54. The molecule has 0 amide bonds. The van der Waals surface area contributed by atoms with E-state index in [0.717, 1.165) is 5.56 Å². The normalized spacial score (nSPS) is 12.6. The summed E-state index contributed by atoms with van der Waals surface area (Å²) in [5.41, 5.74) is 1.51. The lowest BCUT2D eigenvalue weighted by Crippen LogP contribution is -2.34. The van der Waals surface area contributed by atoms with Gasteiger partial charge in [-0.25, -0.2) is 13.1 Å². The van der Waals surface area contributed by atoms with Crippen LogP contribution in [0.2, 0.25) is 0 Å². The van der Waals surface area contributed by atoms with Crippen LogP contribution in [-0.2, 0) is 10.0 Å². The average molecular weight is 347 g/mol. The summed E-state index contributed by atoms with van der Waals surface area (Å²) in [6, 6.07) is 12.8. The van der Waals surface area contributed by atoms with Crippen LogP contribution in [0.5, 0.6) is 5.75 Å². The number of sulfonamides is 1. The Balaban J connectivity index is 2.02. The Labute approximate surface area is 142 Å². The van der Waals surface area contributed by atoms with E-state index in [0.29, 0.717) is 11.3 Å². The van der Waals surface area contributed by atoms with Gasteiger partial charge in [-0.05, 0) is 50.2 Å². The summed E-state index contributed by atoms with van der Waals surface area (Å²) in [5.74, 6) is 0.538. The number of ether oxygens (including phenoxy) is 1. The van der Waals surface area contributed by atoms with E-state index in [1.54, 1.807) is 62.6 Å². The molecule has 6 heteroatoms. The van der Waals surface area contributed by atoms with Crippen LogP contribution in [0, 0.1) is 6.92 Å². The molecule has 0 aliphatic heterocycles. The van der Waals surface area contributed by atoms with E-state index >= 15 is 0 Å². The second kappa shape index (κ2) is 7.59. The third kappa shape index (κ3) is 4.66. The number of hydrogen-bond donors (Lipinski definition) is 1. The Morgan fingerprint density at radius 2 is 1.67 bits per heavy atom. The van der Waals surface area contributed by atoms with Crippen LogP contribution in [-0.4, -0.2) is 27.4 Å². The lowest BCUT2D eigenvalue weighted by atomic mass is 10.1. The highest BCUT2D eigenvalue weighted by Gasteiger charge is 2.19. The third-order valence-corrected chi connectivity index (χ3v) is 5.20. The molecule has 2 rings (SSSR count). The van der Waals surface area contributed by atoms with Crippen LogP contribution in [0.4, 0.5) is 0 Å². The zero-order valence-electron chi connectivity index (χ0n) is 13.9. The van der Waals surface area contributed by atoms with Gasteiger partial charge in [-0.3, -0.25) is 4.79 Å². The summed E-state index contributed by atoms with van der Waals surface area (Å²) in [6.45, 7) is 3.56. The second-order valence-electron chi connectivity index (χ2n) is 5.69. The fourth-order valence-corrected chi connectivity index (χ4v) is 3.51. The smallest absolute Gasteiger partial charge is 0.240 e. The van der Waals surface area contributed by atoms with E-state index in [9.17, 15) is 13.2 Å². The van der Waals surface area contributed by atoms with Crippen molar-refractivity contribution in [3.8, 4) is 5.75 Å². The maximum atomic E-state index is 12.3. The molecule has 0 fully saturated rings. The van der Waals surface area contributed by atoms with Crippen molar-refractivity contribution in [2.45, 2.75) is 31.2 Å². The largest absolute Gasteiger partial charge is 0.497 e. The van der Waals surface area contributed by atoms with E-state index in [2.05, 4.69) is 4.72 Å². The van der Waals surface area contributed by atoms with Gasteiger partial charge in [-0.2, -0.15) is 0 Å². The Bertz CT molecular complexity index is 796. The van der Waals surface area contributed by atoms with Crippen LogP contribution < -0.4 is 9.46 Å². The molecule has 0 saturated heterocycles. The SMILES string of the molecule is COc1ccc(C(=O)CC(C)NS(=O)(=O)c2ccc(C)cc2)cc1. The lowest BCUT2D eigenvalue weighted by molar-refractivity contribution is 0.0975. The Kier molecular flexibility index (Phi) is 5.75. The van der Waals surface area contributed by atoms with Crippen molar-refractivity contribution in [2.24, 2.45) is 0 Å². The van der Waals surface area contributed by atoms with Gasteiger partial charge < -0.3 is 4.74 Å². The number of aryl methyl sites for hydroxylation is 1. The molecule has 2 aromatic carbocycles. The fraction of sp³-hybridized carbons (Fsp3) is 0.278. The maximum Gasteiger partial charge on any atom is 0.240 e. The number of hydrogen-bond acceptors (Lipinski definition) is 4. The van der Waals surface area contributed by atoms with E-state index < -0.39 is 16.1 Å². The molecule has 5 nitrogen and oxygen atoms in total. The minimum Gasteiger partial charge on any atom is -0.497 e. The zero-order valence-corrected chi connectivity index (χ0v) is 14.8. The minimum atomic E-state index is -3.64. The molecule has 0 aliphatic carbocycles. The van der Waals surface area contributed by atoms with Crippen LogP contribution >= 0.6 is 0 Å². The van der Waals surface area contributed by atoms with Crippen molar-refractivity contribution in [1.29, 1.82) is 0 Å². The molecule has 0 aliphatic rings. The molecule has 1 unspecified atom stereocenters. The highest BCUT2D eigenvalue weighted by atomic mass is 32.2. The highest BCUT2D eigenvalue weighted by Crippen LogP contribution is 2.15. The topological polar surface area (TPSA) is 72.5 Å². The van der Waals surface area contributed by atoms with Crippen molar-refractivity contribution in [1.82, 2.24) is 4.72 Å². The summed E-state index contributed by atoms with van der Waals surface area (Å²) >= 11 is 0. The van der Waals surface area contributed by atoms with Gasteiger partial charge in [0.2, 0.25) is 10.0 Å². The van der Waals surface area contributed by atoms with Crippen LogP contribution in [0.15, 0.2) is 53.4 Å². The van der Waals surface area contributed by atoms with Crippen molar-refractivity contribution in [3.05, 3.63) is 59.7 Å². The third-order valence-electron chi connectivity index (χ3n) is 3.59. The standard InChI is InChI=1S/C18H21NO4S/c1-13-4-10-17(11-5-13)24(21,22)19-14(2)12-18(20)15-6-8-16(23-3)9-7-15/h4-11,14,19H,12H2,1-3H3. The Morgan fingerprint density at radius 3 is 2.21 bits per heavy atom. The van der Waals surface area contributed by atoms with Crippen molar-refractivity contribution < 1.29 is 17.9 Å². The molecule has 0 radical (unpaired) electrons. The molecule has 0 saturated carbocycles. The van der Waals surface area contributed by atoms with E-state index in [1.165, 1.54) is 0 Å². The molecular formula is C18H21NO4S. The maximum absolute atomic E-state index is 12.3. The highest BCUT2D eigenvalue weighted by molar-refractivity contribution is 7.89. The molecule has 0 heterocycles. The van der Waals surface area contributed by atoms with Gasteiger partial charge in [0.1, 0.15) is 5.75 Å². The molecule has 24 heavy (non-hydrogen) atoms. The molecule has 2 aromatic rings. The molecule has 1 N–H and O–H groups in total. The number of carbonyl (C=O) groups is 1. The van der Waals surface area contributed by atoms with E-state index in [1.807, 2.05) is 6.92 Å². The zero-order chi connectivity index (χ0) is 17.7. The predicted molar refractivity (Wildman–Crippen MR) is 92.9 cm³/mol. The first-order valence-corrected chi connectivity index (χ1v) is 9.06. The number of benzene rings is 2. The first-order chi connectivity index (χ1) is 11.3. The van der Waals surface area contributed by atoms with Gasteiger partial charge in [0.25, 0.3) is 0 Å². The van der Waals surface area contributed by atoms with Gasteiger partial charge in [-0.15, -0.1) is 0 Å². The summed E-state index contributed by atoms with van der Waals surface area (Å²) < 4.78 is 32.2. The second-order valence-corrected chi connectivity index (χ2v) is 7.41. The Morgan fingerprint density at radius 1 is 1.08 bits per heavy atom. The first-order valence-electron chi connectivity index (χ1n) is 7.58. The molecule has 0 spiro atoms. The van der Waals surface area contributed by atoms with Crippen molar-refractivity contribution in [2.75, 3.05) is 7.11 Å². The van der Waals surface area contributed by atoms with E-state index in [4.69, 9.17) is 4.74 Å². The number of methoxy groups -OCH3 is 1. The quantitative estimate of drug-likeness (QED) is 0.782. The van der Waals surface area contributed by atoms with Gasteiger partial charge >= 0.3 is 0 Å². The van der Waals surface area contributed by atoms with Crippen LogP contribution in [0.3, 0.4) is 0 Å². The number of nitrogens with one attached hydrogen (secondary N) is 1. The summed E-state index contributed by atoms with van der Waals surface area (Å²) in [5, 5.41) is 0. The summed E-state index contributed by atoms with van der Waals surface area (Å²) in [4.78, 5) is 12.4. The van der Waals surface area contributed by atoms with Crippen LogP contribution in [0.25, 0.3) is 0 Å². The van der Waals surface area contributed by atoms with Gasteiger partial charge in [0, 0.05) is 18.0 Å². The molecule has 128 valence electrons. The van der Waals surface area contributed by atoms with Gasteiger partial charge in [0.05, 0.1) is 12.0 Å². The summed E-state index contributed by atoms with van der Waals surface area (Å²) in [7, 11) is -2.08. The molecular weight excluding hydrogens is 326 g/mol. The molecule has 1 atom stereocenters. The lowest BCUT2D eigenvalue weighted by Gasteiger charge is -2.14. The Hall–Kier alpha value is -2.18. The number of carbonyl (C=O) groups excluding carboxylic acids is 1. The van der Waals surface area contributed by atoms with Crippen LogP contribution in [0.1, 0.15) is 29.3 Å². The van der Waals surface area contributed by atoms with Gasteiger partial charge in [0.15, 0.2) is 5.78 Å². The molecule has 0 bridgehead atoms. The molecule has 0 aromatic heterocycles. The number of Topliss-reactive ketones (excluding diaryl/α,β-unsaturated/α-hetero) is 1. The monoisotopic (exact) mass is 347 g/mol. The first kappa shape index (κ1) is 18.2.